The average Bonchev–Trinajstić information content (AvgIpc) is 3.47. The molecule has 0 spiro atoms. The molecule has 6 heteroatoms. The molecule has 3 rings (SSSR count). The molecule has 1 aliphatic heterocycles. The van der Waals surface area contributed by atoms with Crippen LogP contribution in [-0.4, -0.2) is 61.8 Å². The summed E-state index contributed by atoms with van der Waals surface area (Å²) in [5, 5.41) is 3.05. The molecule has 1 aliphatic carbocycles. The highest BCUT2D eigenvalue weighted by molar-refractivity contribution is 5.90. The quantitative estimate of drug-likeness (QED) is 0.859. The summed E-state index contributed by atoms with van der Waals surface area (Å²) in [7, 11) is 3.22. The Labute approximate surface area is 150 Å². The van der Waals surface area contributed by atoms with Gasteiger partial charge in [0.2, 0.25) is 0 Å². The van der Waals surface area contributed by atoms with Crippen molar-refractivity contribution in [1.29, 1.82) is 0 Å². The van der Waals surface area contributed by atoms with Gasteiger partial charge in [-0.15, -0.1) is 0 Å². The molecular weight excluding hydrogens is 318 g/mol. The lowest BCUT2D eigenvalue weighted by molar-refractivity contribution is 0.126. The second kappa shape index (κ2) is 7.95. The summed E-state index contributed by atoms with van der Waals surface area (Å²) in [5.74, 6) is 1.34. The van der Waals surface area contributed by atoms with E-state index in [9.17, 15) is 4.79 Å². The number of hydrogen-bond donors (Lipinski definition) is 1. The maximum atomic E-state index is 13.0. The SMILES string of the molecule is CCN1CCC(N(C(=O)Nc2cc(OC)cc(OC)c2)C2CC2)CC1. The van der Waals surface area contributed by atoms with Crippen LogP contribution in [0.3, 0.4) is 0 Å². The van der Waals surface area contributed by atoms with Crippen LogP contribution in [-0.2, 0) is 0 Å². The summed E-state index contributed by atoms with van der Waals surface area (Å²) in [5.41, 5.74) is 0.706. The van der Waals surface area contributed by atoms with Gasteiger partial charge in [0.05, 0.1) is 14.2 Å². The first kappa shape index (κ1) is 17.9. The van der Waals surface area contributed by atoms with Crippen LogP contribution < -0.4 is 14.8 Å². The summed E-state index contributed by atoms with van der Waals surface area (Å²) in [4.78, 5) is 17.5. The summed E-state index contributed by atoms with van der Waals surface area (Å²) in [6, 6.07) is 6.17. The van der Waals surface area contributed by atoms with Crippen molar-refractivity contribution in [3.63, 3.8) is 0 Å². The Morgan fingerprint density at radius 3 is 2.12 bits per heavy atom. The number of carbonyl (C=O) groups excluding carboxylic acids is 1. The molecule has 1 N–H and O–H groups in total. The monoisotopic (exact) mass is 347 g/mol. The zero-order chi connectivity index (χ0) is 17.8. The van der Waals surface area contributed by atoms with Crippen molar-refractivity contribution in [3.8, 4) is 11.5 Å². The third-order valence-corrected chi connectivity index (χ3v) is 5.18. The molecule has 0 unspecified atom stereocenters. The van der Waals surface area contributed by atoms with Gasteiger partial charge in [0.15, 0.2) is 0 Å². The molecule has 1 saturated carbocycles. The van der Waals surface area contributed by atoms with Crippen LogP contribution in [0.2, 0.25) is 0 Å². The van der Waals surface area contributed by atoms with E-state index >= 15 is 0 Å². The van der Waals surface area contributed by atoms with E-state index < -0.39 is 0 Å². The molecule has 0 radical (unpaired) electrons. The second-order valence-electron chi connectivity index (χ2n) is 6.84. The van der Waals surface area contributed by atoms with Crippen LogP contribution in [0, 0.1) is 0 Å². The normalized spacial score (nSPS) is 18.7. The van der Waals surface area contributed by atoms with E-state index in [1.165, 1.54) is 0 Å². The minimum absolute atomic E-state index is 0.00671. The van der Waals surface area contributed by atoms with E-state index in [0.717, 1.165) is 45.3 Å². The number of likely N-dealkylation sites (tertiary alicyclic amines) is 1. The number of carbonyl (C=O) groups is 1. The van der Waals surface area contributed by atoms with Crippen molar-refractivity contribution in [2.24, 2.45) is 0 Å². The first-order chi connectivity index (χ1) is 12.1. The minimum Gasteiger partial charge on any atom is -0.497 e. The first-order valence-electron chi connectivity index (χ1n) is 9.19. The number of ether oxygens (including phenoxy) is 2. The Balaban J connectivity index is 1.69. The summed E-state index contributed by atoms with van der Waals surface area (Å²) in [6.45, 7) is 5.43. The zero-order valence-corrected chi connectivity index (χ0v) is 15.5. The van der Waals surface area contributed by atoms with E-state index in [4.69, 9.17) is 9.47 Å². The number of amides is 2. The van der Waals surface area contributed by atoms with Gasteiger partial charge in [0, 0.05) is 49.1 Å². The smallest absolute Gasteiger partial charge is 0.322 e. The van der Waals surface area contributed by atoms with E-state index in [-0.39, 0.29) is 6.03 Å². The van der Waals surface area contributed by atoms with E-state index in [2.05, 4.69) is 22.0 Å². The fourth-order valence-electron chi connectivity index (χ4n) is 3.56. The average molecular weight is 347 g/mol. The van der Waals surface area contributed by atoms with Crippen molar-refractivity contribution in [3.05, 3.63) is 18.2 Å². The number of hydrogen-bond acceptors (Lipinski definition) is 4. The van der Waals surface area contributed by atoms with Gasteiger partial charge in [-0.1, -0.05) is 6.92 Å². The van der Waals surface area contributed by atoms with E-state index in [1.54, 1.807) is 20.3 Å². The molecule has 1 aromatic rings. The van der Waals surface area contributed by atoms with Gasteiger partial charge in [-0.05, 0) is 32.2 Å². The number of benzene rings is 1. The van der Waals surface area contributed by atoms with Crippen molar-refractivity contribution in [2.45, 2.75) is 44.7 Å². The minimum atomic E-state index is -0.00671. The van der Waals surface area contributed by atoms with Crippen molar-refractivity contribution < 1.29 is 14.3 Å². The predicted octanol–water partition coefficient (Wildman–Crippen LogP) is 3.18. The maximum absolute atomic E-state index is 13.0. The molecule has 25 heavy (non-hydrogen) atoms. The first-order valence-corrected chi connectivity index (χ1v) is 9.19. The van der Waals surface area contributed by atoms with Gasteiger partial charge in [-0.25, -0.2) is 4.79 Å². The number of piperidine rings is 1. The molecule has 138 valence electrons. The zero-order valence-electron chi connectivity index (χ0n) is 15.5. The van der Waals surface area contributed by atoms with Crippen LogP contribution in [0.5, 0.6) is 11.5 Å². The Hall–Kier alpha value is -1.95. The maximum Gasteiger partial charge on any atom is 0.322 e. The van der Waals surface area contributed by atoms with Crippen LogP contribution in [0.15, 0.2) is 18.2 Å². The fraction of sp³-hybridized carbons (Fsp3) is 0.632. The van der Waals surface area contributed by atoms with Gasteiger partial charge in [-0.2, -0.15) is 0 Å². The highest BCUT2D eigenvalue weighted by Crippen LogP contribution is 2.33. The Morgan fingerprint density at radius 2 is 1.64 bits per heavy atom. The van der Waals surface area contributed by atoms with Crippen LogP contribution >= 0.6 is 0 Å². The highest BCUT2D eigenvalue weighted by atomic mass is 16.5. The van der Waals surface area contributed by atoms with Crippen molar-refractivity contribution in [2.75, 3.05) is 39.2 Å². The van der Waals surface area contributed by atoms with Gasteiger partial charge in [0.1, 0.15) is 11.5 Å². The summed E-state index contributed by atoms with van der Waals surface area (Å²) in [6.07, 6.45) is 4.34. The standard InChI is InChI=1S/C19H29N3O3/c1-4-21-9-7-16(8-10-21)22(15-5-6-15)19(23)20-14-11-17(24-2)13-18(12-14)25-3/h11-13,15-16H,4-10H2,1-3H3,(H,20,23). The molecule has 2 aliphatic rings. The largest absolute Gasteiger partial charge is 0.497 e. The molecule has 2 amide bonds. The van der Waals surface area contributed by atoms with Gasteiger partial charge >= 0.3 is 6.03 Å². The third-order valence-electron chi connectivity index (χ3n) is 5.18. The number of anilines is 1. The molecule has 6 nitrogen and oxygen atoms in total. The molecule has 1 aromatic carbocycles. The molecule has 0 atom stereocenters. The van der Waals surface area contributed by atoms with Gasteiger partial charge in [0.25, 0.3) is 0 Å². The Kier molecular flexibility index (Phi) is 5.68. The highest BCUT2D eigenvalue weighted by Gasteiger charge is 2.38. The number of methoxy groups -OCH3 is 2. The number of nitrogens with one attached hydrogen (secondary N) is 1. The third kappa shape index (κ3) is 4.37. The van der Waals surface area contributed by atoms with Crippen LogP contribution in [0.4, 0.5) is 10.5 Å². The molecule has 1 heterocycles. The van der Waals surface area contributed by atoms with Crippen molar-refractivity contribution >= 4 is 11.7 Å². The fourth-order valence-corrected chi connectivity index (χ4v) is 3.56. The second-order valence-corrected chi connectivity index (χ2v) is 6.84. The summed E-state index contributed by atoms with van der Waals surface area (Å²) < 4.78 is 10.6. The Morgan fingerprint density at radius 1 is 1.08 bits per heavy atom. The molecule has 0 aromatic heterocycles. The lowest BCUT2D eigenvalue weighted by Gasteiger charge is -2.38. The summed E-state index contributed by atoms with van der Waals surface area (Å²) >= 11 is 0. The number of urea groups is 1. The Bertz CT molecular complexity index is 573. The van der Waals surface area contributed by atoms with E-state index in [1.807, 2.05) is 12.1 Å². The lowest BCUT2D eigenvalue weighted by Crippen LogP contribution is -2.49. The number of rotatable bonds is 6. The van der Waals surface area contributed by atoms with Crippen molar-refractivity contribution in [1.82, 2.24) is 9.80 Å². The van der Waals surface area contributed by atoms with E-state index in [0.29, 0.717) is 29.3 Å². The van der Waals surface area contributed by atoms with Gasteiger partial charge < -0.3 is 24.6 Å². The lowest BCUT2D eigenvalue weighted by atomic mass is 10.0. The molecule has 1 saturated heterocycles. The number of nitrogens with zero attached hydrogens (tertiary/aromatic N) is 2. The topological polar surface area (TPSA) is 54.0 Å². The van der Waals surface area contributed by atoms with Crippen LogP contribution in [0.25, 0.3) is 0 Å². The van der Waals surface area contributed by atoms with Gasteiger partial charge in [-0.3, -0.25) is 0 Å². The predicted molar refractivity (Wildman–Crippen MR) is 98.6 cm³/mol. The molecular formula is C19H29N3O3. The molecule has 2 fully saturated rings. The molecule has 0 bridgehead atoms. The van der Waals surface area contributed by atoms with Crippen LogP contribution in [0.1, 0.15) is 32.6 Å².